The molecule has 0 saturated heterocycles. The van der Waals surface area contributed by atoms with E-state index >= 15 is 0 Å². The molecular weight excluding hydrogens is 605 g/mol. The fraction of sp³-hybridized carbons (Fsp3) is 0.300. The van der Waals surface area contributed by atoms with Crippen molar-refractivity contribution in [2.75, 3.05) is 23.4 Å². The van der Waals surface area contributed by atoms with E-state index in [1.807, 2.05) is 41.7 Å². The Morgan fingerprint density at radius 3 is 1.50 bits per heavy atom. The minimum absolute atomic E-state index is 0.0387. The molecule has 4 nitrogen and oxygen atoms in total. The van der Waals surface area contributed by atoms with Crippen molar-refractivity contribution in [3.05, 3.63) is 105 Å². The second kappa shape index (κ2) is 13.4. The van der Waals surface area contributed by atoms with Crippen LogP contribution >= 0.6 is 22.7 Å². The number of carbonyl (C=O) groups excluding carboxylic acids is 2. The zero-order chi connectivity index (χ0) is 33.4. The number of carbonyl (C=O) groups is 2. The third kappa shape index (κ3) is 6.08. The lowest BCUT2D eigenvalue weighted by Crippen LogP contribution is -2.30. The summed E-state index contributed by atoms with van der Waals surface area (Å²) in [5, 5.41) is 0. The zero-order valence-corrected chi connectivity index (χ0v) is 30.0. The van der Waals surface area contributed by atoms with Crippen LogP contribution in [0.3, 0.4) is 0 Å². The topological polar surface area (TPSA) is 40.6 Å². The van der Waals surface area contributed by atoms with Gasteiger partial charge in [-0.1, -0.05) is 37.4 Å². The van der Waals surface area contributed by atoms with Crippen LogP contribution in [0.15, 0.2) is 72.8 Å². The van der Waals surface area contributed by atoms with Gasteiger partial charge in [-0.05, 0) is 137 Å². The van der Waals surface area contributed by atoms with Crippen LogP contribution in [0, 0.1) is 27.7 Å². The predicted molar refractivity (Wildman–Crippen MR) is 200 cm³/mol. The van der Waals surface area contributed by atoms with E-state index in [0.29, 0.717) is 17.7 Å². The Hall–Kier alpha value is -4.00. The van der Waals surface area contributed by atoms with Crippen molar-refractivity contribution in [2.24, 2.45) is 0 Å². The van der Waals surface area contributed by atoms with Crippen LogP contribution in [0.4, 0.5) is 11.4 Å². The highest BCUT2D eigenvalue weighted by molar-refractivity contribution is 7.16. The SMILES string of the molecule is C=C(C)C(=O)N(C)c1ccc(-c2sc(C)c(C3=C(c4c(C)sc(-c5ccc(N(CC)C(=O)C(=C)C)cc5)c4C)CCC3)c2C)cc1. The van der Waals surface area contributed by atoms with Gasteiger partial charge < -0.3 is 9.80 Å². The van der Waals surface area contributed by atoms with E-state index in [9.17, 15) is 9.59 Å². The Morgan fingerprint density at radius 2 is 1.11 bits per heavy atom. The lowest BCUT2D eigenvalue weighted by molar-refractivity contribution is -0.115. The molecule has 0 saturated carbocycles. The molecule has 1 aliphatic carbocycles. The predicted octanol–water partition coefficient (Wildman–Crippen LogP) is 10.9. The third-order valence-electron chi connectivity index (χ3n) is 9.02. The molecule has 4 aromatic rings. The fourth-order valence-corrected chi connectivity index (χ4v) is 9.13. The van der Waals surface area contributed by atoms with Crippen molar-refractivity contribution >= 4 is 57.0 Å². The van der Waals surface area contributed by atoms with Crippen molar-refractivity contribution in [3.63, 3.8) is 0 Å². The maximum atomic E-state index is 12.6. The van der Waals surface area contributed by atoms with E-state index in [4.69, 9.17) is 0 Å². The number of allylic oxidation sites excluding steroid dienone is 2. The number of nitrogens with zero attached hydrogens (tertiary/aromatic N) is 2. The van der Waals surface area contributed by atoms with Crippen molar-refractivity contribution in [1.82, 2.24) is 0 Å². The summed E-state index contributed by atoms with van der Waals surface area (Å²) in [6.45, 7) is 22.8. The Kier molecular flexibility index (Phi) is 9.71. The summed E-state index contributed by atoms with van der Waals surface area (Å²) in [6.07, 6.45) is 3.33. The first kappa shape index (κ1) is 33.4. The van der Waals surface area contributed by atoms with E-state index < -0.39 is 0 Å². The number of likely N-dealkylation sites (N-methyl/N-ethyl adjacent to an activating group) is 2. The molecule has 0 radical (unpaired) electrons. The molecule has 0 bridgehead atoms. The van der Waals surface area contributed by atoms with E-state index in [0.717, 1.165) is 30.6 Å². The van der Waals surface area contributed by atoms with Gasteiger partial charge in [-0.2, -0.15) is 0 Å². The molecule has 0 aliphatic heterocycles. The largest absolute Gasteiger partial charge is 0.312 e. The van der Waals surface area contributed by atoms with Gasteiger partial charge in [0, 0.05) is 55.6 Å². The molecule has 46 heavy (non-hydrogen) atoms. The smallest absolute Gasteiger partial charge is 0.253 e. The first-order chi connectivity index (χ1) is 21.8. The Balaban J connectivity index is 1.49. The Bertz CT molecular complexity index is 1880. The van der Waals surface area contributed by atoms with E-state index in [1.54, 1.807) is 30.7 Å². The molecule has 5 rings (SSSR count). The first-order valence-corrected chi connectivity index (χ1v) is 17.5. The van der Waals surface area contributed by atoms with Crippen LogP contribution in [0.2, 0.25) is 0 Å². The summed E-state index contributed by atoms with van der Waals surface area (Å²) in [6, 6.07) is 16.7. The van der Waals surface area contributed by atoms with Crippen LogP contribution < -0.4 is 9.80 Å². The van der Waals surface area contributed by atoms with E-state index in [-0.39, 0.29) is 11.8 Å². The average Bonchev–Trinajstić information content (AvgIpc) is 3.70. The van der Waals surface area contributed by atoms with Crippen molar-refractivity contribution in [3.8, 4) is 20.9 Å². The highest BCUT2D eigenvalue weighted by Gasteiger charge is 2.27. The number of benzene rings is 2. The number of anilines is 2. The number of thiophene rings is 2. The average molecular weight is 649 g/mol. The van der Waals surface area contributed by atoms with Crippen LogP contribution in [0.5, 0.6) is 0 Å². The number of aryl methyl sites for hydroxylation is 2. The number of amides is 2. The Labute approximate surface area is 282 Å². The molecule has 0 spiro atoms. The standard InChI is InChI=1S/C40H44N2O2S2/c1-11-42(40(44)24(4)5)32-21-17-30(18-22-32)38-26(7)36(28(9)46-38)34-14-12-13-33(34)35-25(6)37(45-27(35)8)29-15-19-31(20-16-29)41(10)39(43)23(2)3/h15-22H,2,4,11-14H2,1,3,5-10H3. The molecule has 2 heterocycles. The lowest BCUT2D eigenvalue weighted by Gasteiger charge is -2.21. The first-order valence-electron chi connectivity index (χ1n) is 15.9. The molecule has 1 aliphatic rings. The van der Waals surface area contributed by atoms with Gasteiger partial charge in [0.05, 0.1) is 0 Å². The molecule has 0 fully saturated rings. The summed E-state index contributed by atoms with van der Waals surface area (Å²) in [5.41, 5.74) is 13.7. The fourth-order valence-electron chi connectivity index (χ4n) is 6.75. The maximum absolute atomic E-state index is 12.6. The molecule has 238 valence electrons. The highest BCUT2D eigenvalue weighted by Crippen LogP contribution is 2.50. The summed E-state index contributed by atoms with van der Waals surface area (Å²) >= 11 is 3.73. The quantitative estimate of drug-likeness (QED) is 0.169. The zero-order valence-electron chi connectivity index (χ0n) is 28.4. The van der Waals surface area contributed by atoms with Crippen molar-refractivity contribution in [2.45, 2.75) is 67.7 Å². The van der Waals surface area contributed by atoms with Gasteiger partial charge in [-0.25, -0.2) is 0 Å². The second-order valence-corrected chi connectivity index (χ2v) is 14.8. The number of rotatable bonds is 9. The number of hydrogen-bond acceptors (Lipinski definition) is 4. The highest BCUT2D eigenvalue weighted by atomic mass is 32.1. The molecule has 0 N–H and O–H groups in total. The van der Waals surface area contributed by atoms with Crippen LogP contribution in [0.1, 0.15) is 72.0 Å². The summed E-state index contributed by atoms with van der Waals surface area (Å²) in [4.78, 5) is 33.8. The molecular formula is C40H44N2O2S2. The van der Waals surface area contributed by atoms with Gasteiger partial charge in [0.1, 0.15) is 0 Å². The van der Waals surface area contributed by atoms with Crippen molar-refractivity contribution < 1.29 is 9.59 Å². The Morgan fingerprint density at radius 1 is 0.696 bits per heavy atom. The van der Waals surface area contributed by atoms with Gasteiger partial charge in [0.25, 0.3) is 11.8 Å². The van der Waals surface area contributed by atoms with E-state index in [1.165, 1.54) is 64.0 Å². The van der Waals surface area contributed by atoms with Gasteiger partial charge in [-0.15, -0.1) is 22.7 Å². The molecule has 2 aromatic heterocycles. The van der Waals surface area contributed by atoms with Gasteiger partial charge in [0.2, 0.25) is 0 Å². The maximum Gasteiger partial charge on any atom is 0.253 e. The minimum atomic E-state index is -0.0729. The second-order valence-electron chi connectivity index (χ2n) is 12.4. The molecule has 2 amide bonds. The molecule has 0 atom stereocenters. The summed E-state index contributed by atoms with van der Waals surface area (Å²) in [5.74, 6) is -0.112. The van der Waals surface area contributed by atoms with Crippen molar-refractivity contribution in [1.29, 1.82) is 0 Å². The van der Waals surface area contributed by atoms with Gasteiger partial charge in [-0.3, -0.25) is 9.59 Å². The van der Waals surface area contributed by atoms with Gasteiger partial charge >= 0.3 is 0 Å². The molecule has 2 aromatic carbocycles. The van der Waals surface area contributed by atoms with Crippen LogP contribution in [0.25, 0.3) is 32.0 Å². The number of hydrogen-bond donors (Lipinski definition) is 0. The van der Waals surface area contributed by atoms with Crippen LogP contribution in [-0.2, 0) is 9.59 Å². The van der Waals surface area contributed by atoms with Crippen LogP contribution in [-0.4, -0.2) is 25.4 Å². The summed E-state index contributed by atoms with van der Waals surface area (Å²) < 4.78 is 0. The monoisotopic (exact) mass is 648 g/mol. The van der Waals surface area contributed by atoms with E-state index in [2.05, 4.69) is 77.3 Å². The molecule has 0 unspecified atom stereocenters. The normalized spacial score (nSPS) is 12.9. The minimum Gasteiger partial charge on any atom is -0.312 e. The lowest BCUT2D eigenvalue weighted by atomic mass is 9.91. The third-order valence-corrected chi connectivity index (χ3v) is 11.5. The van der Waals surface area contributed by atoms with Gasteiger partial charge in [0.15, 0.2) is 0 Å². The molecule has 6 heteroatoms. The summed E-state index contributed by atoms with van der Waals surface area (Å²) in [7, 11) is 1.79.